The Balaban J connectivity index is 2.58. The van der Waals surface area contributed by atoms with Crippen molar-refractivity contribution in [2.45, 2.75) is 37.6 Å². The molecule has 0 radical (unpaired) electrons. The largest absolute Gasteiger partial charge is 0.351 e. The van der Waals surface area contributed by atoms with Crippen LogP contribution in [-0.2, 0) is 14.8 Å². The fourth-order valence-corrected chi connectivity index (χ4v) is 3.55. The second-order valence-electron chi connectivity index (χ2n) is 5.38. The Labute approximate surface area is 128 Å². The van der Waals surface area contributed by atoms with Gasteiger partial charge in [0, 0.05) is 23.0 Å². The van der Waals surface area contributed by atoms with E-state index in [1.807, 2.05) is 20.8 Å². The number of halogens is 1. The first-order chi connectivity index (χ1) is 9.12. The molecule has 2 N–H and O–H groups in total. The molecule has 0 saturated heterocycles. The van der Waals surface area contributed by atoms with Gasteiger partial charge in [-0.2, -0.15) is 0 Å². The highest BCUT2D eigenvalue weighted by Gasteiger charge is 2.18. The molecule has 0 spiro atoms. The monoisotopic (exact) mass is 362 g/mol. The minimum Gasteiger partial charge on any atom is -0.351 e. The lowest BCUT2D eigenvalue weighted by atomic mass is 10.1. The second kappa shape index (κ2) is 6.69. The predicted molar refractivity (Wildman–Crippen MR) is 81.8 cm³/mol. The van der Waals surface area contributed by atoms with Gasteiger partial charge in [-0.1, -0.05) is 12.1 Å². The molecule has 20 heavy (non-hydrogen) atoms. The molecule has 1 aromatic carbocycles. The Hall–Kier alpha value is -0.920. The molecule has 7 heteroatoms. The average molecular weight is 363 g/mol. The van der Waals surface area contributed by atoms with Crippen LogP contribution in [0.4, 0.5) is 0 Å². The molecule has 0 aliphatic heterocycles. The Morgan fingerprint density at radius 2 is 1.85 bits per heavy atom. The van der Waals surface area contributed by atoms with E-state index in [1.165, 1.54) is 6.07 Å². The molecule has 0 fully saturated rings. The Bertz CT molecular complexity index is 580. The van der Waals surface area contributed by atoms with Crippen molar-refractivity contribution in [2.75, 3.05) is 6.54 Å². The van der Waals surface area contributed by atoms with Crippen LogP contribution < -0.4 is 10.0 Å². The van der Waals surface area contributed by atoms with Crippen molar-refractivity contribution >= 4 is 31.9 Å². The molecular weight excluding hydrogens is 344 g/mol. The smallest absolute Gasteiger partial charge is 0.241 e. The van der Waals surface area contributed by atoms with E-state index in [1.54, 1.807) is 18.2 Å². The van der Waals surface area contributed by atoms with E-state index in [0.29, 0.717) is 4.47 Å². The number of amides is 1. The maximum absolute atomic E-state index is 12.0. The quantitative estimate of drug-likeness (QED) is 0.841. The van der Waals surface area contributed by atoms with Crippen molar-refractivity contribution in [2.24, 2.45) is 0 Å². The van der Waals surface area contributed by atoms with Gasteiger partial charge in [-0.05, 0) is 48.8 Å². The molecule has 0 unspecified atom stereocenters. The molecule has 0 atom stereocenters. The summed E-state index contributed by atoms with van der Waals surface area (Å²) in [6.45, 7) is 5.67. The number of hydrogen-bond donors (Lipinski definition) is 2. The van der Waals surface area contributed by atoms with Crippen molar-refractivity contribution in [3.8, 4) is 0 Å². The van der Waals surface area contributed by atoms with E-state index in [4.69, 9.17) is 0 Å². The van der Waals surface area contributed by atoms with E-state index in [2.05, 4.69) is 26.0 Å². The lowest BCUT2D eigenvalue weighted by Gasteiger charge is -2.20. The summed E-state index contributed by atoms with van der Waals surface area (Å²) in [5.74, 6) is -0.188. The maximum atomic E-state index is 12.0. The zero-order chi connectivity index (χ0) is 15.4. The van der Waals surface area contributed by atoms with E-state index in [9.17, 15) is 13.2 Å². The van der Waals surface area contributed by atoms with E-state index in [-0.39, 0.29) is 29.3 Å². The van der Waals surface area contributed by atoms with Crippen LogP contribution in [0, 0.1) is 0 Å². The Morgan fingerprint density at radius 1 is 1.25 bits per heavy atom. The first kappa shape index (κ1) is 17.1. The van der Waals surface area contributed by atoms with Gasteiger partial charge < -0.3 is 5.32 Å². The number of rotatable bonds is 5. The summed E-state index contributed by atoms with van der Waals surface area (Å²) in [4.78, 5) is 11.8. The SMILES string of the molecule is CC(C)(C)NC(=O)CCNS(=O)(=O)c1ccccc1Br. The van der Waals surface area contributed by atoms with E-state index >= 15 is 0 Å². The molecule has 0 heterocycles. The fraction of sp³-hybridized carbons (Fsp3) is 0.462. The van der Waals surface area contributed by atoms with Gasteiger partial charge in [0.25, 0.3) is 0 Å². The lowest BCUT2D eigenvalue weighted by Crippen LogP contribution is -2.41. The van der Waals surface area contributed by atoms with Crippen molar-refractivity contribution in [3.63, 3.8) is 0 Å². The van der Waals surface area contributed by atoms with Crippen LogP contribution in [0.25, 0.3) is 0 Å². The number of benzene rings is 1. The summed E-state index contributed by atoms with van der Waals surface area (Å²) in [5.41, 5.74) is -0.321. The summed E-state index contributed by atoms with van der Waals surface area (Å²) in [6, 6.07) is 6.54. The van der Waals surface area contributed by atoms with Crippen molar-refractivity contribution in [3.05, 3.63) is 28.7 Å². The normalized spacial score (nSPS) is 12.2. The Kier molecular flexibility index (Phi) is 5.73. The fourth-order valence-electron chi connectivity index (χ4n) is 1.52. The number of nitrogens with one attached hydrogen (secondary N) is 2. The molecule has 1 amide bonds. The molecule has 0 saturated carbocycles. The zero-order valence-electron chi connectivity index (χ0n) is 11.7. The molecular formula is C13H19BrN2O3S. The zero-order valence-corrected chi connectivity index (χ0v) is 14.1. The molecule has 0 bridgehead atoms. The van der Waals surface area contributed by atoms with Gasteiger partial charge in [-0.15, -0.1) is 0 Å². The molecule has 1 aromatic rings. The van der Waals surface area contributed by atoms with Gasteiger partial charge in [0.2, 0.25) is 15.9 Å². The van der Waals surface area contributed by atoms with Crippen LogP contribution in [0.2, 0.25) is 0 Å². The van der Waals surface area contributed by atoms with E-state index in [0.717, 1.165) is 0 Å². The highest BCUT2D eigenvalue weighted by molar-refractivity contribution is 9.10. The second-order valence-corrected chi connectivity index (χ2v) is 7.97. The number of hydrogen-bond acceptors (Lipinski definition) is 3. The van der Waals surface area contributed by atoms with Crippen LogP contribution in [0.15, 0.2) is 33.6 Å². The highest BCUT2D eigenvalue weighted by Crippen LogP contribution is 2.20. The summed E-state index contributed by atoms with van der Waals surface area (Å²) < 4.78 is 27.0. The third-order valence-electron chi connectivity index (χ3n) is 2.28. The molecule has 112 valence electrons. The summed E-state index contributed by atoms with van der Waals surface area (Å²) in [7, 11) is -3.61. The van der Waals surface area contributed by atoms with Crippen molar-refractivity contribution in [1.29, 1.82) is 0 Å². The first-order valence-electron chi connectivity index (χ1n) is 6.17. The third kappa shape index (κ3) is 5.60. The van der Waals surface area contributed by atoms with Crippen LogP contribution >= 0.6 is 15.9 Å². The molecule has 5 nitrogen and oxygen atoms in total. The molecule has 1 rings (SSSR count). The summed E-state index contributed by atoms with van der Waals surface area (Å²) in [5, 5.41) is 2.77. The number of sulfonamides is 1. The average Bonchev–Trinajstić information content (AvgIpc) is 2.26. The topological polar surface area (TPSA) is 75.3 Å². The van der Waals surface area contributed by atoms with Crippen molar-refractivity contribution < 1.29 is 13.2 Å². The van der Waals surface area contributed by atoms with E-state index < -0.39 is 10.0 Å². The van der Waals surface area contributed by atoms with Gasteiger partial charge in [0.1, 0.15) is 0 Å². The standard InChI is InChI=1S/C13H19BrN2O3S/c1-13(2,3)16-12(17)8-9-15-20(18,19)11-7-5-4-6-10(11)14/h4-7,15H,8-9H2,1-3H3,(H,16,17). The van der Waals surface area contributed by atoms with Crippen LogP contribution in [-0.4, -0.2) is 26.4 Å². The Morgan fingerprint density at radius 3 is 2.40 bits per heavy atom. The minimum absolute atomic E-state index is 0.0611. The first-order valence-corrected chi connectivity index (χ1v) is 8.45. The third-order valence-corrected chi connectivity index (χ3v) is 4.76. The lowest BCUT2D eigenvalue weighted by molar-refractivity contribution is -0.122. The van der Waals surface area contributed by atoms with Crippen LogP contribution in [0.5, 0.6) is 0 Å². The molecule has 0 aliphatic rings. The number of carbonyl (C=O) groups is 1. The van der Waals surface area contributed by atoms with Crippen LogP contribution in [0.3, 0.4) is 0 Å². The molecule has 0 aliphatic carbocycles. The number of carbonyl (C=O) groups excluding carboxylic acids is 1. The van der Waals surface area contributed by atoms with Gasteiger partial charge in [0.05, 0.1) is 4.90 Å². The van der Waals surface area contributed by atoms with Crippen LogP contribution in [0.1, 0.15) is 27.2 Å². The van der Waals surface area contributed by atoms with Gasteiger partial charge in [-0.25, -0.2) is 13.1 Å². The minimum atomic E-state index is -3.61. The maximum Gasteiger partial charge on any atom is 0.241 e. The van der Waals surface area contributed by atoms with Crippen molar-refractivity contribution in [1.82, 2.24) is 10.0 Å². The molecule has 0 aromatic heterocycles. The van der Waals surface area contributed by atoms with Gasteiger partial charge >= 0.3 is 0 Å². The van der Waals surface area contributed by atoms with Gasteiger partial charge in [0.15, 0.2) is 0 Å². The highest BCUT2D eigenvalue weighted by atomic mass is 79.9. The summed E-state index contributed by atoms with van der Waals surface area (Å²) >= 11 is 3.19. The van der Waals surface area contributed by atoms with Gasteiger partial charge in [-0.3, -0.25) is 4.79 Å². The predicted octanol–water partition coefficient (Wildman–Crippen LogP) is 2.03. The summed E-state index contributed by atoms with van der Waals surface area (Å²) in [6.07, 6.45) is 0.0982.